The van der Waals surface area contributed by atoms with Crippen LogP contribution in [-0.2, 0) is 11.2 Å². The molecule has 1 fully saturated rings. The van der Waals surface area contributed by atoms with Crippen molar-refractivity contribution in [1.82, 2.24) is 10.2 Å². The predicted octanol–water partition coefficient (Wildman–Crippen LogP) is 4.08. The molecule has 148 valence electrons. The van der Waals surface area contributed by atoms with Crippen LogP contribution in [0, 0.1) is 11.6 Å². The van der Waals surface area contributed by atoms with Gasteiger partial charge in [-0.05, 0) is 71.1 Å². The molecule has 2 aromatic carbocycles. The number of likely N-dealkylation sites (tertiary alicyclic amines) is 1. The zero-order valence-corrected chi connectivity index (χ0v) is 16.8. The first-order valence-electron chi connectivity index (χ1n) is 9.21. The Balaban J connectivity index is 1.52. The minimum absolute atomic E-state index is 0.0439. The number of carbonyl (C=O) groups excluding carboxylic acids is 2. The number of amides is 2. The van der Waals surface area contributed by atoms with E-state index in [0.29, 0.717) is 17.4 Å². The van der Waals surface area contributed by atoms with E-state index in [2.05, 4.69) is 21.2 Å². The Kier molecular flexibility index (Phi) is 6.78. The van der Waals surface area contributed by atoms with E-state index in [9.17, 15) is 18.4 Å². The van der Waals surface area contributed by atoms with Crippen LogP contribution in [0.5, 0.6) is 0 Å². The minimum atomic E-state index is -0.498. The summed E-state index contributed by atoms with van der Waals surface area (Å²) < 4.78 is 27.2. The maximum atomic E-state index is 13.4. The second kappa shape index (κ2) is 9.28. The van der Waals surface area contributed by atoms with Crippen LogP contribution >= 0.6 is 15.9 Å². The molecule has 2 aromatic rings. The Morgan fingerprint density at radius 2 is 1.93 bits per heavy atom. The molecule has 1 aliphatic heterocycles. The summed E-state index contributed by atoms with van der Waals surface area (Å²) in [6.45, 7) is 0.839. The highest BCUT2D eigenvalue weighted by Crippen LogP contribution is 2.22. The number of halogens is 3. The van der Waals surface area contributed by atoms with E-state index < -0.39 is 11.7 Å². The molecule has 1 atom stereocenters. The van der Waals surface area contributed by atoms with E-state index in [1.54, 1.807) is 6.07 Å². The maximum absolute atomic E-state index is 13.4. The van der Waals surface area contributed by atoms with Crippen molar-refractivity contribution in [2.75, 3.05) is 13.1 Å². The zero-order chi connectivity index (χ0) is 20.1. The lowest BCUT2D eigenvalue weighted by atomic mass is 10.0. The molecule has 1 aliphatic rings. The Morgan fingerprint density at radius 1 is 1.14 bits per heavy atom. The Bertz CT molecular complexity index is 875. The number of nitrogens with one attached hydrogen (secondary N) is 1. The highest BCUT2D eigenvalue weighted by molar-refractivity contribution is 9.10. The van der Waals surface area contributed by atoms with Gasteiger partial charge in [0.05, 0.1) is 5.56 Å². The van der Waals surface area contributed by atoms with Crippen LogP contribution in [-0.4, -0.2) is 35.8 Å². The van der Waals surface area contributed by atoms with E-state index in [0.717, 1.165) is 24.5 Å². The molecule has 0 spiro atoms. The highest BCUT2D eigenvalue weighted by Gasteiger charge is 2.28. The molecule has 0 radical (unpaired) electrons. The van der Waals surface area contributed by atoms with Gasteiger partial charge < -0.3 is 10.2 Å². The fourth-order valence-corrected chi connectivity index (χ4v) is 3.93. The third-order valence-corrected chi connectivity index (χ3v) is 5.55. The Labute approximate surface area is 171 Å². The van der Waals surface area contributed by atoms with Gasteiger partial charge in [-0.25, -0.2) is 8.78 Å². The van der Waals surface area contributed by atoms with Crippen LogP contribution in [0.3, 0.4) is 0 Å². The molecular formula is C21H21BrF2N2O2. The van der Waals surface area contributed by atoms with Crippen LogP contribution in [0.15, 0.2) is 46.9 Å². The maximum Gasteiger partial charge on any atom is 0.252 e. The van der Waals surface area contributed by atoms with Gasteiger partial charge >= 0.3 is 0 Å². The third-order valence-electron chi connectivity index (χ3n) is 4.86. The number of hydrogen-bond acceptors (Lipinski definition) is 2. The lowest BCUT2D eigenvalue weighted by molar-refractivity contribution is -0.131. The van der Waals surface area contributed by atoms with Crippen LogP contribution in [0.4, 0.5) is 8.78 Å². The summed E-state index contributed by atoms with van der Waals surface area (Å²) in [5, 5.41) is 2.66. The molecule has 1 saturated heterocycles. The first-order chi connectivity index (χ1) is 13.4. The third kappa shape index (κ3) is 5.16. The normalized spacial score (nSPS) is 16.2. The van der Waals surface area contributed by atoms with Crippen LogP contribution in [0.1, 0.15) is 35.2 Å². The van der Waals surface area contributed by atoms with Crippen molar-refractivity contribution in [1.29, 1.82) is 0 Å². The zero-order valence-electron chi connectivity index (χ0n) is 15.3. The van der Waals surface area contributed by atoms with Gasteiger partial charge in [-0.15, -0.1) is 0 Å². The van der Waals surface area contributed by atoms with Crippen molar-refractivity contribution in [2.24, 2.45) is 0 Å². The van der Waals surface area contributed by atoms with Crippen molar-refractivity contribution in [3.05, 3.63) is 69.7 Å². The number of carbonyl (C=O) groups is 2. The second-order valence-electron chi connectivity index (χ2n) is 6.85. The van der Waals surface area contributed by atoms with E-state index in [1.165, 1.54) is 24.3 Å². The largest absolute Gasteiger partial charge is 0.351 e. The summed E-state index contributed by atoms with van der Waals surface area (Å²) in [5.41, 5.74) is 1.06. The molecule has 2 amide bonds. The molecule has 1 unspecified atom stereocenters. The number of hydrogen-bond donors (Lipinski definition) is 1. The Hall–Kier alpha value is -2.28. The van der Waals surface area contributed by atoms with Gasteiger partial charge in [-0.3, -0.25) is 9.59 Å². The van der Waals surface area contributed by atoms with Crippen LogP contribution in [0.25, 0.3) is 0 Å². The standard InChI is InChI=1S/C21H21BrF2N2O2/c22-19-7-6-16(24)13-18(19)21(28)25-9-8-20(27)26-10-2-5-17(26)12-14-3-1-4-15(23)11-14/h1,3-4,6-7,11,13,17H,2,5,8-10,12H2,(H,25,28). The monoisotopic (exact) mass is 450 g/mol. The van der Waals surface area contributed by atoms with Crippen LogP contribution in [0.2, 0.25) is 0 Å². The van der Waals surface area contributed by atoms with Crippen molar-refractivity contribution < 1.29 is 18.4 Å². The average Bonchev–Trinajstić information content (AvgIpc) is 3.11. The summed E-state index contributed by atoms with van der Waals surface area (Å²) in [6, 6.07) is 10.4. The van der Waals surface area contributed by atoms with Gasteiger partial charge in [0.25, 0.3) is 5.91 Å². The van der Waals surface area contributed by atoms with Gasteiger partial charge in [0.1, 0.15) is 11.6 Å². The molecule has 4 nitrogen and oxygen atoms in total. The molecule has 7 heteroatoms. The van der Waals surface area contributed by atoms with E-state index in [4.69, 9.17) is 0 Å². The van der Waals surface area contributed by atoms with E-state index in [1.807, 2.05) is 11.0 Å². The van der Waals surface area contributed by atoms with Crippen LogP contribution < -0.4 is 5.32 Å². The van der Waals surface area contributed by atoms with Gasteiger partial charge in [0.15, 0.2) is 0 Å². The molecule has 1 N–H and O–H groups in total. The summed E-state index contributed by atoms with van der Waals surface area (Å²) in [4.78, 5) is 26.6. The highest BCUT2D eigenvalue weighted by atomic mass is 79.9. The topological polar surface area (TPSA) is 49.4 Å². The smallest absolute Gasteiger partial charge is 0.252 e. The molecule has 1 heterocycles. The second-order valence-corrected chi connectivity index (χ2v) is 7.70. The fraction of sp³-hybridized carbons (Fsp3) is 0.333. The SMILES string of the molecule is O=C(NCCC(=O)N1CCCC1Cc1cccc(F)c1)c1cc(F)ccc1Br. The molecule has 0 bridgehead atoms. The molecule has 0 aliphatic carbocycles. The van der Waals surface area contributed by atoms with Crippen molar-refractivity contribution >= 4 is 27.7 Å². The van der Waals surface area contributed by atoms with Gasteiger partial charge in [0.2, 0.25) is 5.91 Å². The predicted molar refractivity (Wildman–Crippen MR) is 106 cm³/mol. The molecule has 3 rings (SSSR count). The first kappa shape index (κ1) is 20.5. The minimum Gasteiger partial charge on any atom is -0.351 e. The lowest BCUT2D eigenvalue weighted by Gasteiger charge is -2.25. The lowest BCUT2D eigenvalue weighted by Crippen LogP contribution is -2.38. The van der Waals surface area contributed by atoms with E-state index >= 15 is 0 Å². The number of rotatable bonds is 6. The average molecular weight is 451 g/mol. The fourth-order valence-electron chi connectivity index (χ4n) is 3.51. The summed E-state index contributed by atoms with van der Waals surface area (Å²) >= 11 is 3.22. The summed E-state index contributed by atoms with van der Waals surface area (Å²) in [7, 11) is 0. The molecule has 28 heavy (non-hydrogen) atoms. The number of nitrogens with zero attached hydrogens (tertiary/aromatic N) is 1. The van der Waals surface area contributed by atoms with Crippen molar-refractivity contribution in [3.63, 3.8) is 0 Å². The summed E-state index contributed by atoms with van der Waals surface area (Å²) in [5.74, 6) is -1.25. The van der Waals surface area contributed by atoms with Gasteiger partial charge in [0, 0.05) is 30.0 Å². The van der Waals surface area contributed by atoms with Crippen molar-refractivity contribution in [3.8, 4) is 0 Å². The van der Waals surface area contributed by atoms with E-state index in [-0.39, 0.29) is 36.3 Å². The quantitative estimate of drug-likeness (QED) is 0.720. The van der Waals surface area contributed by atoms with Gasteiger partial charge in [-0.2, -0.15) is 0 Å². The first-order valence-corrected chi connectivity index (χ1v) is 10.0. The molecule has 0 aromatic heterocycles. The number of benzene rings is 2. The molecular weight excluding hydrogens is 430 g/mol. The summed E-state index contributed by atoms with van der Waals surface area (Å²) in [6.07, 6.45) is 2.57. The molecule has 0 saturated carbocycles. The van der Waals surface area contributed by atoms with Crippen molar-refractivity contribution in [2.45, 2.75) is 31.7 Å². The van der Waals surface area contributed by atoms with Gasteiger partial charge in [-0.1, -0.05) is 12.1 Å². The Morgan fingerprint density at radius 3 is 2.71 bits per heavy atom.